The number of nitrogens with zero attached hydrogens (tertiary/aromatic N) is 3. The molecule has 0 saturated heterocycles. The lowest BCUT2D eigenvalue weighted by molar-refractivity contribution is 0.443. The van der Waals surface area contributed by atoms with Crippen molar-refractivity contribution in [3.05, 3.63) is 40.8 Å². The van der Waals surface area contributed by atoms with Gasteiger partial charge in [-0.25, -0.2) is 0 Å². The Balaban J connectivity index is 1.88. The molecule has 5 nitrogen and oxygen atoms in total. The average Bonchev–Trinajstić information content (AvgIpc) is 3.23. The van der Waals surface area contributed by atoms with E-state index in [1.165, 1.54) is 4.88 Å². The first-order valence-electron chi connectivity index (χ1n) is 8.55. The van der Waals surface area contributed by atoms with Gasteiger partial charge in [-0.3, -0.25) is 9.67 Å². The first kappa shape index (κ1) is 18.5. The minimum absolute atomic E-state index is 0.0528. The summed E-state index contributed by atoms with van der Waals surface area (Å²) in [6.45, 7) is 12.2. The first-order valence-corrected chi connectivity index (χ1v) is 9.43. The van der Waals surface area contributed by atoms with Crippen molar-refractivity contribution in [3.8, 4) is 0 Å². The molecule has 0 bridgehead atoms. The van der Waals surface area contributed by atoms with E-state index in [0.29, 0.717) is 5.92 Å². The predicted molar refractivity (Wildman–Crippen MR) is 103 cm³/mol. The molecule has 0 fully saturated rings. The van der Waals surface area contributed by atoms with Crippen molar-refractivity contribution < 1.29 is 0 Å². The second kappa shape index (κ2) is 8.87. The van der Waals surface area contributed by atoms with Gasteiger partial charge in [0.2, 0.25) is 0 Å². The van der Waals surface area contributed by atoms with Crippen molar-refractivity contribution in [2.24, 2.45) is 10.9 Å². The van der Waals surface area contributed by atoms with Crippen molar-refractivity contribution in [1.29, 1.82) is 0 Å². The van der Waals surface area contributed by atoms with Crippen molar-refractivity contribution in [1.82, 2.24) is 20.4 Å². The van der Waals surface area contributed by atoms with Gasteiger partial charge in [-0.15, -0.1) is 11.3 Å². The molecule has 2 rings (SSSR count). The van der Waals surface area contributed by atoms with Gasteiger partial charge in [0.25, 0.3) is 0 Å². The number of hydrogen-bond acceptors (Lipinski definition) is 3. The van der Waals surface area contributed by atoms with Crippen molar-refractivity contribution in [2.75, 3.05) is 19.6 Å². The van der Waals surface area contributed by atoms with Crippen LogP contribution in [-0.2, 0) is 12.0 Å². The molecule has 0 saturated carbocycles. The van der Waals surface area contributed by atoms with E-state index < -0.39 is 0 Å². The fraction of sp³-hybridized carbons (Fsp3) is 0.556. The Bertz CT molecular complexity index is 601. The highest BCUT2D eigenvalue weighted by Crippen LogP contribution is 2.27. The third-order valence-electron chi connectivity index (χ3n) is 3.84. The second-order valence-electron chi connectivity index (χ2n) is 6.77. The molecule has 0 spiro atoms. The summed E-state index contributed by atoms with van der Waals surface area (Å²) < 4.78 is 1.97. The maximum atomic E-state index is 4.79. The minimum Gasteiger partial charge on any atom is -0.357 e. The molecule has 0 amide bonds. The standard InChI is InChI=1S/C18H29N5S/c1-5-19-17(20-12-15(2)13-23-10-7-9-22-23)21-14-18(3,4)16-8-6-11-24-16/h6-11,15H,5,12-14H2,1-4H3,(H2,19,20,21). The van der Waals surface area contributed by atoms with E-state index in [1.54, 1.807) is 11.3 Å². The number of hydrogen-bond donors (Lipinski definition) is 2. The topological polar surface area (TPSA) is 54.2 Å². The van der Waals surface area contributed by atoms with Crippen LogP contribution in [0.2, 0.25) is 0 Å². The molecule has 132 valence electrons. The van der Waals surface area contributed by atoms with E-state index >= 15 is 0 Å². The maximum absolute atomic E-state index is 4.79. The van der Waals surface area contributed by atoms with E-state index in [-0.39, 0.29) is 5.41 Å². The van der Waals surface area contributed by atoms with Gasteiger partial charge in [-0.1, -0.05) is 26.8 Å². The van der Waals surface area contributed by atoms with Crippen LogP contribution in [0, 0.1) is 5.92 Å². The van der Waals surface area contributed by atoms with Crippen LogP contribution in [0.5, 0.6) is 0 Å². The third kappa shape index (κ3) is 5.67. The molecule has 2 N–H and O–H groups in total. The SMILES string of the molecule is CCNC(=NCC(C)(C)c1cccs1)NCC(C)Cn1cccn1. The molecular weight excluding hydrogens is 318 g/mol. The van der Waals surface area contributed by atoms with E-state index in [2.05, 4.69) is 60.9 Å². The van der Waals surface area contributed by atoms with E-state index in [9.17, 15) is 0 Å². The van der Waals surface area contributed by atoms with Crippen LogP contribution in [0.1, 0.15) is 32.6 Å². The number of nitrogens with one attached hydrogen (secondary N) is 2. The quantitative estimate of drug-likeness (QED) is 0.570. The Morgan fingerprint density at radius 3 is 2.83 bits per heavy atom. The molecule has 1 unspecified atom stereocenters. The largest absolute Gasteiger partial charge is 0.357 e. The Hall–Kier alpha value is -1.82. The van der Waals surface area contributed by atoms with Gasteiger partial charge < -0.3 is 10.6 Å². The molecular formula is C18H29N5S. The summed E-state index contributed by atoms with van der Waals surface area (Å²) in [5.41, 5.74) is 0.0528. The number of aromatic nitrogens is 2. The molecule has 2 aromatic heterocycles. The average molecular weight is 348 g/mol. The highest BCUT2D eigenvalue weighted by molar-refractivity contribution is 7.10. The molecule has 6 heteroatoms. The summed E-state index contributed by atoms with van der Waals surface area (Å²) in [6.07, 6.45) is 3.82. The van der Waals surface area contributed by atoms with Gasteiger partial charge in [0.15, 0.2) is 5.96 Å². The Morgan fingerprint density at radius 1 is 1.38 bits per heavy atom. The molecule has 0 aliphatic heterocycles. The van der Waals surface area contributed by atoms with Gasteiger partial charge in [0, 0.05) is 42.3 Å². The maximum Gasteiger partial charge on any atom is 0.191 e. The van der Waals surface area contributed by atoms with Crippen LogP contribution in [0.4, 0.5) is 0 Å². The number of rotatable bonds is 8. The summed E-state index contributed by atoms with van der Waals surface area (Å²) in [6, 6.07) is 6.25. The van der Waals surface area contributed by atoms with Crippen molar-refractivity contribution >= 4 is 17.3 Å². The lowest BCUT2D eigenvalue weighted by atomic mass is 9.92. The number of thiophene rings is 1. The molecule has 0 aliphatic rings. The molecule has 0 radical (unpaired) electrons. The summed E-state index contributed by atoms with van der Waals surface area (Å²) in [5.74, 6) is 1.36. The van der Waals surface area contributed by atoms with Crippen LogP contribution in [0.25, 0.3) is 0 Å². The lowest BCUT2D eigenvalue weighted by Crippen LogP contribution is -2.41. The van der Waals surface area contributed by atoms with Crippen LogP contribution >= 0.6 is 11.3 Å². The smallest absolute Gasteiger partial charge is 0.191 e. The van der Waals surface area contributed by atoms with Gasteiger partial charge in [-0.2, -0.15) is 5.10 Å². The normalized spacial score (nSPS) is 13.8. The Labute approximate surface area is 149 Å². The van der Waals surface area contributed by atoms with Gasteiger partial charge in [-0.05, 0) is 30.4 Å². The minimum atomic E-state index is 0.0528. The molecule has 1 atom stereocenters. The van der Waals surface area contributed by atoms with Gasteiger partial charge in [0.1, 0.15) is 0 Å². The van der Waals surface area contributed by atoms with E-state index in [4.69, 9.17) is 4.99 Å². The van der Waals surface area contributed by atoms with Crippen molar-refractivity contribution in [3.63, 3.8) is 0 Å². The van der Waals surface area contributed by atoms with Crippen LogP contribution in [0.3, 0.4) is 0 Å². The summed E-state index contributed by atoms with van der Waals surface area (Å²) >= 11 is 1.80. The van der Waals surface area contributed by atoms with E-state index in [1.807, 2.05) is 23.1 Å². The third-order valence-corrected chi connectivity index (χ3v) is 5.08. The zero-order valence-corrected chi connectivity index (χ0v) is 15.9. The molecule has 2 heterocycles. The van der Waals surface area contributed by atoms with E-state index in [0.717, 1.165) is 32.1 Å². The summed E-state index contributed by atoms with van der Waals surface area (Å²) in [5, 5.41) is 13.2. The Morgan fingerprint density at radius 2 is 2.21 bits per heavy atom. The first-order chi connectivity index (χ1) is 11.5. The summed E-state index contributed by atoms with van der Waals surface area (Å²) in [4.78, 5) is 6.16. The molecule has 2 aromatic rings. The molecule has 24 heavy (non-hydrogen) atoms. The monoisotopic (exact) mass is 347 g/mol. The van der Waals surface area contributed by atoms with Crippen molar-refractivity contribution in [2.45, 2.75) is 39.7 Å². The number of aliphatic imine (C=N–C) groups is 1. The summed E-state index contributed by atoms with van der Waals surface area (Å²) in [7, 11) is 0. The van der Waals surface area contributed by atoms with Crippen LogP contribution in [0.15, 0.2) is 41.0 Å². The predicted octanol–water partition coefficient (Wildman–Crippen LogP) is 3.11. The fourth-order valence-corrected chi connectivity index (χ4v) is 3.27. The highest BCUT2D eigenvalue weighted by atomic mass is 32.1. The molecule has 0 aliphatic carbocycles. The highest BCUT2D eigenvalue weighted by Gasteiger charge is 2.21. The number of guanidine groups is 1. The fourth-order valence-electron chi connectivity index (χ4n) is 2.42. The zero-order chi connectivity index (χ0) is 17.4. The van der Waals surface area contributed by atoms with Gasteiger partial charge in [0.05, 0.1) is 6.54 Å². The van der Waals surface area contributed by atoms with Crippen LogP contribution in [-0.4, -0.2) is 35.4 Å². The molecule has 0 aromatic carbocycles. The lowest BCUT2D eigenvalue weighted by Gasteiger charge is -2.22. The van der Waals surface area contributed by atoms with Gasteiger partial charge >= 0.3 is 0 Å². The Kier molecular flexibility index (Phi) is 6.85. The zero-order valence-electron chi connectivity index (χ0n) is 15.1. The second-order valence-corrected chi connectivity index (χ2v) is 7.72. The van der Waals surface area contributed by atoms with Crippen LogP contribution < -0.4 is 10.6 Å².